The fourth-order valence-electron chi connectivity index (χ4n) is 6.34. The predicted molar refractivity (Wildman–Crippen MR) is 210 cm³/mol. The van der Waals surface area contributed by atoms with Gasteiger partial charge in [-0.3, -0.25) is 9.59 Å². The second kappa shape index (κ2) is 19.8. The molecule has 0 unspecified atom stereocenters. The van der Waals surface area contributed by atoms with Crippen LogP contribution >= 0.6 is 0 Å². The normalized spacial score (nSPS) is 15.8. The Bertz CT molecular complexity index is 1860. The molecule has 0 bridgehead atoms. The van der Waals surface area contributed by atoms with Crippen LogP contribution in [0.3, 0.4) is 0 Å². The molecule has 0 saturated carbocycles. The van der Waals surface area contributed by atoms with Crippen LogP contribution in [0.25, 0.3) is 0 Å². The van der Waals surface area contributed by atoms with E-state index in [4.69, 9.17) is 33.2 Å². The number of benzene rings is 3. The van der Waals surface area contributed by atoms with Gasteiger partial charge in [0.05, 0.1) is 18.7 Å². The van der Waals surface area contributed by atoms with Gasteiger partial charge >= 0.3 is 12.1 Å². The smallest absolute Gasteiger partial charge is 0.410 e. The van der Waals surface area contributed by atoms with Gasteiger partial charge in [0.25, 0.3) is 5.91 Å². The fraction of sp³-hybridized carbons (Fsp3) is 0.488. The van der Waals surface area contributed by atoms with E-state index in [1.807, 2.05) is 27.7 Å². The summed E-state index contributed by atoms with van der Waals surface area (Å²) < 4.78 is 53.6. The number of esters is 1. The Labute approximate surface area is 334 Å². The van der Waals surface area contributed by atoms with Crippen LogP contribution in [0.1, 0.15) is 121 Å². The largest absolute Gasteiger partial charge is 0.497 e. The lowest BCUT2D eigenvalue weighted by Gasteiger charge is -2.31. The molecule has 1 aliphatic heterocycles. The number of rotatable bonds is 15. The van der Waals surface area contributed by atoms with Crippen molar-refractivity contribution >= 4 is 23.8 Å². The number of amides is 2. The molecule has 0 aliphatic carbocycles. The van der Waals surface area contributed by atoms with Gasteiger partial charge in [-0.05, 0) is 80.8 Å². The Hall–Kier alpha value is -5.21. The summed E-state index contributed by atoms with van der Waals surface area (Å²) in [6, 6.07) is 10.8. The molecule has 1 fully saturated rings. The molecule has 3 aromatic rings. The summed E-state index contributed by atoms with van der Waals surface area (Å²) in [5.74, 6) is -1.90. The van der Waals surface area contributed by atoms with Gasteiger partial charge in [-0.1, -0.05) is 39.8 Å². The first-order valence-corrected chi connectivity index (χ1v) is 18.9. The Morgan fingerprint density at radius 1 is 0.842 bits per heavy atom. The molecular formula is C43H55FN2O11. The van der Waals surface area contributed by atoms with E-state index < -0.39 is 47.3 Å². The van der Waals surface area contributed by atoms with Crippen LogP contribution in [-0.4, -0.2) is 94.4 Å². The number of nitrogens with one attached hydrogen (secondary N) is 1. The monoisotopic (exact) mass is 794 g/mol. The van der Waals surface area contributed by atoms with Gasteiger partial charge in [0.2, 0.25) is 0 Å². The number of nitrogens with zero attached hydrogens (tertiary/aromatic N) is 1. The standard InChI is InChI=1S/C43H55FN2O11/c1-25(2)31-18-29(19-32(26(3)4)39(31)55-24-52-9)40(48)45-34-22-46(42(50)57-43(5,6)7)17-11-12-35(34)56-41(49)28-15-13-27(14-16-28)38(47)37-33(44)20-30(53-10)21-36(37)54-23-51-8/h13-16,18-21,25-26,34-35H,11-12,17,22-24H2,1-10H3,(H,45,48)/t34-,35-/m1/s1. The first-order chi connectivity index (χ1) is 27.0. The molecule has 0 radical (unpaired) electrons. The number of ketones is 1. The highest BCUT2D eigenvalue weighted by molar-refractivity contribution is 6.11. The van der Waals surface area contributed by atoms with E-state index in [1.165, 1.54) is 49.5 Å². The zero-order chi connectivity index (χ0) is 42.0. The second-order valence-corrected chi connectivity index (χ2v) is 15.4. The predicted octanol–water partition coefficient (Wildman–Crippen LogP) is 7.63. The number of likely N-dealkylation sites (tertiary alicyclic amines) is 1. The van der Waals surface area contributed by atoms with Crippen molar-refractivity contribution in [3.63, 3.8) is 0 Å². The highest BCUT2D eigenvalue weighted by Crippen LogP contribution is 2.36. The summed E-state index contributed by atoms with van der Waals surface area (Å²) in [6.45, 7) is 13.5. The third kappa shape index (κ3) is 11.7. The molecule has 14 heteroatoms. The van der Waals surface area contributed by atoms with Crippen molar-refractivity contribution in [2.45, 2.75) is 90.9 Å². The summed E-state index contributed by atoms with van der Waals surface area (Å²) in [6.07, 6.45) is -0.617. The summed E-state index contributed by atoms with van der Waals surface area (Å²) in [7, 11) is 4.29. The summed E-state index contributed by atoms with van der Waals surface area (Å²) >= 11 is 0. The molecule has 1 heterocycles. The lowest BCUT2D eigenvalue weighted by molar-refractivity contribution is 0.0127. The molecular weight excluding hydrogens is 739 g/mol. The van der Waals surface area contributed by atoms with Crippen LogP contribution in [-0.2, 0) is 18.9 Å². The molecule has 0 aromatic heterocycles. The molecule has 2 atom stereocenters. The van der Waals surface area contributed by atoms with Crippen LogP contribution in [0.15, 0.2) is 48.5 Å². The first kappa shape index (κ1) is 44.5. The number of halogens is 1. The van der Waals surface area contributed by atoms with Gasteiger partial charge in [0.1, 0.15) is 40.3 Å². The minimum Gasteiger partial charge on any atom is -0.497 e. The molecule has 2 amide bonds. The molecule has 3 aromatic carbocycles. The van der Waals surface area contributed by atoms with E-state index in [0.29, 0.717) is 30.7 Å². The summed E-state index contributed by atoms with van der Waals surface area (Å²) in [5, 5.41) is 3.06. The maximum atomic E-state index is 15.2. The van der Waals surface area contributed by atoms with E-state index >= 15 is 4.39 Å². The Morgan fingerprint density at radius 2 is 1.44 bits per heavy atom. The second-order valence-electron chi connectivity index (χ2n) is 15.4. The molecule has 1 N–H and O–H groups in total. The number of carbonyl (C=O) groups excluding carboxylic acids is 4. The Morgan fingerprint density at radius 3 is 2.00 bits per heavy atom. The molecule has 57 heavy (non-hydrogen) atoms. The molecule has 1 aliphatic rings. The van der Waals surface area contributed by atoms with Crippen LogP contribution in [0.4, 0.5) is 9.18 Å². The Kier molecular flexibility index (Phi) is 15.4. The lowest BCUT2D eigenvalue weighted by atomic mass is 9.91. The number of ether oxygens (including phenoxy) is 7. The Balaban J connectivity index is 1.63. The zero-order valence-electron chi connectivity index (χ0n) is 34.5. The van der Waals surface area contributed by atoms with Gasteiger partial charge in [0, 0.05) is 50.6 Å². The van der Waals surface area contributed by atoms with Crippen molar-refractivity contribution in [3.8, 4) is 17.2 Å². The summed E-state index contributed by atoms with van der Waals surface area (Å²) in [5.41, 5.74) is 1.17. The number of carbonyl (C=O) groups is 4. The van der Waals surface area contributed by atoms with Gasteiger partial charge in [0.15, 0.2) is 19.4 Å². The van der Waals surface area contributed by atoms with Crippen LogP contribution in [0.5, 0.6) is 17.2 Å². The van der Waals surface area contributed by atoms with Crippen molar-refractivity contribution < 1.29 is 56.7 Å². The van der Waals surface area contributed by atoms with Crippen LogP contribution in [0.2, 0.25) is 0 Å². The van der Waals surface area contributed by atoms with Gasteiger partial charge in [-0.2, -0.15) is 0 Å². The van der Waals surface area contributed by atoms with Crippen molar-refractivity contribution in [1.29, 1.82) is 0 Å². The SMILES string of the molecule is COCOc1cc(OC)cc(F)c1C(=O)c1ccc(C(=O)O[C@@H]2CCCN(C(=O)OC(C)(C)C)C[C@H]2NC(=O)c2cc(C(C)C)c(OCOC)c(C(C)C)c2)cc1. The van der Waals surface area contributed by atoms with Crippen molar-refractivity contribution in [2.24, 2.45) is 0 Å². The molecule has 13 nitrogen and oxygen atoms in total. The van der Waals surface area contributed by atoms with Crippen LogP contribution < -0.4 is 19.5 Å². The molecule has 4 rings (SSSR count). The van der Waals surface area contributed by atoms with Crippen LogP contribution in [0, 0.1) is 5.82 Å². The quantitative estimate of drug-likeness (QED) is 0.0920. The van der Waals surface area contributed by atoms with Crippen molar-refractivity contribution in [2.75, 3.05) is 48.0 Å². The van der Waals surface area contributed by atoms with E-state index in [2.05, 4.69) is 5.32 Å². The van der Waals surface area contributed by atoms with Gasteiger partial charge in [-0.15, -0.1) is 0 Å². The number of hydrogen-bond acceptors (Lipinski definition) is 11. The number of hydrogen-bond donors (Lipinski definition) is 1. The molecule has 1 saturated heterocycles. The van der Waals surface area contributed by atoms with E-state index in [-0.39, 0.29) is 60.2 Å². The zero-order valence-corrected chi connectivity index (χ0v) is 34.5. The van der Waals surface area contributed by atoms with Crippen molar-refractivity contribution in [3.05, 3.63) is 87.7 Å². The third-order valence-corrected chi connectivity index (χ3v) is 9.19. The first-order valence-electron chi connectivity index (χ1n) is 18.9. The van der Waals surface area contributed by atoms with Crippen molar-refractivity contribution in [1.82, 2.24) is 10.2 Å². The fourth-order valence-corrected chi connectivity index (χ4v) is 6.34. The average Bonchev–Trinajstić information content (AvgIpc) is 3.36. The molecule has 310 valence electrons. The highest BCUT2D eigenvalue weighted by Gasteiger charge is 2.35. The maximum Gasteiger partial charge on any atom is 0.410 e. The van der Waals surface area contributed by atoms with E-state index in [9.17, 15) is 19.2 Å². The van der Waals surface area contributed by atoms with E-state index in [0.717, 1.165) is 17.2 Å². The van der Waals surface area contributed by atoms with Gasteiger partial charge in [-0.25, -0.2) is 14.0 Å². The highest BCUT2D eigenvalue weighted by atomic mass is 19.1. The number of methoxy groups -OCH3 is 3. The summed E-state index contributed by atoms with van der Waals surface area (Å²) in [4.78, 5) is 56.1. The average molecular weight is 795 g/mol. The third-order valence-electron chi connectivity index (χ3n) is 9.19. The topological polar surface area (TPSA) is 148 Å². The van der Waals surface area contributed by atoms with Gasteiger partial charge < -0.3 is 43.4 Å². The maximum absolute atomic E-state index is 15.2. The minimum absolute atomic E-state index is 0.00997. The van der Waals surface area contributed by atoms with E-state index in [1.54, 1.807) is 40.0 Å². The molecule has 0 spiro atoms. The lowest BCUT2D eigenvalue weighted by Crippen LogP contribution is -2.51. The minimum atomic E-state index is -0.855.